The van der Waals surface area contributed by atoms with Gasteiger partial charge in [0, 0.05) is 0 Å². The van der Waals surface area contributed by atoms with E-state index in [2.05, 4.69) is 20.7 Å². The van der Waals surface area contributed by atoms with Crippen molar-refractivity contribution < 1.29 is 19.0 Å². The van der Waals surface area contributed by atoms with E-state index in [4.69, 9.17) is 0 Å². The van der Waals surface area contributed by atoms with Gasteiger partial charge in [0.25, 0.3) is 4.58 Å². The fourth-order valence-corrected chi connectivity index (χ4v) is 1.71. The molecule has 1 aromatic carbocycles. The van der Waals surface area contributed by atoms with E-state index in [1.54, 1.807) is 25.1 Å². The Morgan fingerprint density at radius 3 is 2.47 bits per heavy atom. The molecule has 0 aliphatic carbocycles. The Labute approximate surface area is 108 Å². The second kappa shape index (κ2) is 5.14. The number of carbonyl (C=O) groups excluding carboxylic acids is 1. The Morgan fingerprint density at radius 1 is 1.47 bits per heavy atom. The zero-order valence-corrected chi connectivity index (χ0v) is 11.2. The lowest BCUT2D eigenvalue weighted by molar-refractivity contribution is -0.163. The number of aliphatic hydroxyl groups is 1. The maximum absolute atomic E-state index is 14.3. The molecule has 5 heteroatoms. The van der Waals surface area contributed by atoms with Crippen LogP contribution in [-0.2, 0) is 15.1 Å². The average Bonchev–Trinajstić information content (AvgIpc) is 2.30. The number of hydrogen-bond donors (Lipinski definition) is 1. The molecule has 1 aromatic rings. The Kier molecular flexibility index (Phi) is 4.27. The SMILES string of the molecule is CCOC(=O)[C@@](F)(Br)[C@@](C)(O)c1ccccc1. The highest BCUT2D eigenvalue weighted by Gasteiger charge is 2.54. The quantitative estimate of drug-likeness (QED) is 0.687. The molecule has 2 atom stereocenters. The summed E-state index contributed by atoms with van der Waals surface area (Å²) < 4.78 is 16.2. The molecule has 0 saturated heterocycles. The molecule has 94 valence electrons. The summed E-state index contributed by atoms with van der Waals surface area (Å²) in [4.78, 5) is 11.5. The molecule has 0 bridgehead atoms. The van der Waals surface area contributed by atoms with E-state index in [0.29, 0.717) is 0 Å². The third kappa shape index (κ3) is 2.66. The van der Waals surface area contributed by atoms with E-state index in [-0.39, 0.29) is 12.2 Å². The third-order valence-corrected chi connectivity index (χ3v) is 3.57. The van der Waals surface area contributed by atoms with E-state index in [9.17, 15) is 14.3 Å². The van der Waals surface area contributed by atoms with Gasteiger partial charge < -0.3 is 9.84 Å². The Hall–Kier alpha value is -0.940. The summed E-state index contributed by atoms with van der Waals surface area (Å²) in [5.41, 5.74) is -1.73. The summed E-state index contributed by atoms with van der Waals surface area (Å²) >= 11 is 2.62. The predicted octanol–water partition coefficient (Wildman–Crippen LogP) is 2.52. The molecule has 1 rings (SSSR count). The normalized spacial score (nSPS) is 17.9. The van der Waals surface area contributed by atoms with Gasteiger partial charge in [0.15, 0.2) is 0 Å². The minimum Gasteiger partial charge on any atom is -0.463 e. The number of esters is 1. The number of rotatable bonds is 4. The molecule has 3 nitrogen and oxygen atoms in total. The van der Waals surface area contributed by atoms with E-state index < -0.39 is 16.1 Å². The van der Waals surface area contributed by atoms with Crippen LogP contribution in [0.2, 0.25) is 0 Å². The summed E-state index contributed by atoms with van der Waals surface area (Å²) in [6.45, 7) is 2.83. The molecule has 0 amide bonds. The van der Waals surface area contributed by atoms with Gasteiger partial charge in [-0.1, -0.05) is 30.3 Å². The highest BCUT2D eigenvalue weighted by Crippen LogP contribution is 2.41. The van der Waals surface area contributed by atoms with Gasteiger partial charge in [-0.05, 0) is 35.3 Å². The Morgan fingerprint density at radius 2 is 2.00 bits per heavy atom. The number of halogens is 2. The van der Waals surface area contributed by atoms with E-state index >= 15 is 0 Å². The van der Waals surface area contributed by atoms with Gasteiger partial charge >= 0.3 is 5.97 Å². The topological polar surface area (TPSA) is 46.5 Å². The number of ether oxygens (including phenoxy) is 1. The molecule has 0 aromatic heterocycles. The lowest BCUT2D eigenvalue weighted by Crippen LogP contribution is -2.48. The smallest absolute Gasteiger partial charge is 0.358 e. The van der Waals surface area contributed by atoms with Crippen molar-refractivity contribution in [2.75, 3.05) is 6.61 Å². The van der Waals surface area contributed by atoms with Gasteiger partial charge in [-0.15, -0.1) is 0 Å². The van der Waals surface area contributed by atoms with Gasteiger partial charge in [-0.25, -0.2) is 9.18 Å². The van der Waals surface area contributed by atoms with E-state index in [0.717, 1.165) is 0 Å². The molecule has 0 aliphatic heterocycles. The van der Waals surface area contributed by atoms with Crippen LogP contribution in [0, 0.1) is 0 Å². The minimum absolute atomic E-state index is 0.0426. The molecule has 0 heterocycles. The Bertz CT molecular complexity index is 390. The molecule has 0 saturated carbocycles. The summed E-state index contributed by atoms with van der Waals surface area (Å²) in [6, 6.07) is 8.11. The van der Waals surface area contributed by atoms with Crippen LogP contribution in [0.4, 0.5) is 4.39 Å². The van der Waals surface area contributed by atoms with Crippen molar-refractivity contribution in [3.8, 4) is 0 Å². The van der Waals surface area contributed by atoms with Crippen molar-refractivity contribution in [3.05, 3.63) is 35.9 Å². The first-order chi connectivity index (χ1) is 7.84. The van der Waals surface area contributed by atoms with Crippen LogP contribution >= 0.6 is 15.9 Å². The van der Waals surface area contributed by atoms with Crippen molar-refractivity contribution in [2.45, 2.75) is 24.0 Å². The lowest BCUT2D eigenvalue weighted by atomic mass is 9.91. The zero-order valence-electron chi connectivity index (χ0n) is 9.61. The van der Waals surface area contributed by atoms with Crippen LogP contribution in [-0.4, -0.2) is 22.3 Å². The number of alkyl halides is 2. The summed E-state index contributed by atoms with van der Waals surface area (Å²) in [7, 11) is 0. The van der Waals surface area contributed by atoms with Crippen LogP contribution in [0.25, 0.3) is 0 Å². The molecular weight excluding hydrogens is 291 g/mol. The van der Waals surface area contributed by atoms with Crippen LogP contribution in [0.1, 0.15) is 19.4 Å². The first-order valence-corrected chi connectivity index (χ1v) is 5.96. The van der Waals surface area contributed by atoms with Gasteiger partial charge in [0.1, 0.15) is 5.60 Å². The van der Waals surface area contributed by atoms with Crippen LogP contribution in [0.5, 0.6) is 0 Å². The number of carbonyl (C=O) groups is 1. The van der Waals surface area contributed by atoms with Crippen LogP contribution < -0.4 is 0 Å². The molecule has 0 unspecified atom stereocenters. The maximum Gasteiger partial charge on any atom is 0.358 e. The first kappa shape index (κ1) is 14.1. The monoisotopic (exact) mass is 304 g/mol. The lowest BCUT2D eigenvalue weighted by Gasteiger charge is -2.32. The third-order valence-electron chi connectivity index (χ3n) is 2.48. The van der Waals surface area contributed by atoms with Crippen molar-refractivity contribution >= 4 is 21.9 Å². The molecule has 0 spiro atoms. The highest BCUT2D eigenvalue weighted by atomic mass is 79.9. The fourth-order valence-electron chi connectivity index (χ4n) is 1.36. The second-order valence-corrected chi connectivity index (χ2v) is 4.83. The molecule has 17 heavy (non-hydrogen) atoms. The molecule has 0 aliphatic rings. The zero-order chi connectivity index (χ0) is 13.1. The Balaban J connectivity index is 3.08. The average molecular weight is 305 g/mol. The van der Waals surface area contributed by atoms with Gasteiger partial charge in [-0.2, -0.15) is 0 Å². The van der Waals surface area contributed by atoms with Crippen LogP contribution in [0.15, 0.2) is 30.3 Å². The van der Waals surface area contributed by atoms with Gasteiger partial charge in [0.05, 0.1) is 6.61 Å². The van der Waals surface area contributed by atoms with Crippen molar-refractivity contribution in [1.82, 2.24) is 0 Å². The fraction of sp³-hybridized carbons (Fsp3) is 0.417. The molecule has 0 radical (unpaired) electrons. The van der Waals surface area contributed by atoms with Gasteiger partial charge in [0.2, 0.25) is 0 Å². The van der Waals surface area contributed by atoms with Crippen molar-refractivity contribution in [2.24, 2.45) is 0 Å². The summed E-state index contributed by atoms with van der Waals surface area (Å²) in [5.74, 6) is -1.14. The first-order valence-electron chi connectivity index (χ1n) is 5.17. The van der Waals surface area contributed by atoms with Crippen molar-refractivity contribution in [1.29, 1.82) is 0 Å². The largest absolute Gasteiger partial charge is 0.463 e. The number of benzene rings is 1. The molecule has 0 fully saturated rings. The van der Waals surface area contributed by atoms with E-state index in [1.807, 2.05) is 0 Å². The summed E-state index contributed by atoms with van der Waals surface area (Å²) in [6.07, 6.45) is 0. The predicted molar refractivity (Wildman–Crippen MR) is 65.4 cm³/mol. The minimum atomic E-state index is -2.68. The van der Waals surface area contributed by atoms with E-state index in [1.165, 1.54) is 19.1 Å². The van der Waals surface area contributed by atoms with Crippen molar-refractivity contribution in [3.63, 3.8) is 0 Å². The highest BCUT2D eigenvalue weighted by molar-refractivity contribution is 9.10. The summed E-state index contributed by atoms with van der Waals surface area (Å²) in [5, 5.41) is 10.2. The maximum atomic E-state index is 14.3. The standard InChI is InChI=1S/C12H14BrFO3/c1-3-17-10(15)12(13,14)11(2,16)9-7-5-4-6-8-9/h4-8,16H,3H2,1-2H3/t11-,12-/m0/s1. The second-order valence-electron chi connectivity index (χ2n) is 3.73. The number of hydrogen-bond acceptors (Lipinski definition) is 3. The molecular formula is C12H14BrFO3. The van der Waals surface area contributed by atoms with Gasteiger partial charge in [-0.3, -0.25) is 0 Å². The molecule has 1 N–H and O–H groups in total. The van der Waals surface area contributed by atoms with Crippen LogP contribution in [0.3, 0.4) is 0 Å².